The second kappa shape index (κ2) is 21.9. The topological polar surface area (TPSA) is 238 Å². The molecule has 69 heavy (non-hydrogen) atoms. The zero-order chi connectivity index (χ0) is 48.3. The molecule has 0 saturated carbocycles. The van der Waals surface area contributed by atoms with Gasteiger partial charge < -0.3 is 45.4 Å². The number of carbonyl (C=O) groups excluding carboxylic acids is 3. The molecule has 0 unspecified atom stereocenters. The van der Waals surface area contributed by atoms with Gasteiger partial charge >= 0.3 is 0 Å². The Morgan fingerprint density at radius 1 is 0.623 bits per heavy atom. The van der Waals surface area contributed by atoms with Gasteiger partial charge in [-0.05, 0) is 67.9 Å². The number of nitrogens with one attached hydrogen (secondary N) is 3. The summed E-state index contributed by atoms with van der Waals surface area (Å²) < 4.78 is 10.3. The van der Waals surface area contributed by atoms with Gasteiger partial charge in [0, 0.05) is 77.2 Å². The van der Waals surface area contributed by atoms with E-state index in [1.54, 1.807) is 86.2 Å². The summed E-state index contributed by atoms with van der Waals surface area (Å²) >= 11 is 1.49. The van der Waals surface area contributed by atoms with E-state index in [-0.39, 0.29) is 58.2 Å². The molecule has 0 aliphatic carbocycles. The third kappa shape index (κ3) is 11.6. The highest BCUT2D eigenvalue weighted by Gasteiger charge is 2.18. The van der Waals surface area contributed by atoms with E-state index in [2.05, 4.69) is 58.1 Å². The number of carbonyl (C=O) groups is 3. The summed E-state index contributed by atoms with van der Waals surface area (Å²) in [6.45, 7) is 7.94. The average molecular weight is 946 g/mol. The highest BCUT2D eigenvalue weighted by molar-refractivity contribution is 7.09. The number of thiazole rings is 1. The predicted octanol–water partition coefficient (Wildman–Crippen LogP) is 7.51. The Balaban J connectivity index is 0.000000141. The number of ether oxygens (including phenoxy) is 1. The number of benzene rings is 4. The fourth-order valence-corrected chi connectivity index (χ4v) is 8.08. The molecule has 0 atom stereocenters. The Hall–Kier alpha value is -8.48. The quantitative estimate of drug-likeness (QED) is 0.0778. The van der Waals surface area contributed by atoms with Gasteiger partial charge in [-0.25, -0.2) is 4.98 Å². The minimum Gasteiger partial charge on any atom is -0.505 e. The number of aromatic nitrogens is 5. The number of phenols is 3. The fourth-order valence-electron chi connectivity index (χ4n) is 7.36. The van der Waals surface area contributed by atoms with E-state index in [4.69, 9.17) is 9.26 Å². The Morgan fingerprint density at radius 2 is 1.10 bits per heavy atom. The molecule has 1 aliphatic heterocycles. The van der Waals surface area contributed by atoms with Crippen LogP contribution in [0, 0.1) is 13.8 Å². The Morgan fingerprint density at radius 3 is 1.55 bits per heavy atom. The molecule has 1 saturated heterocycles. The molecular formula is C51H47N9O8S. The van der Waals surface area contributed by atoms with Crippen molar-refractivity contribution < 1.29 is 39.0 Å². The highest BCUT2D eigenvalue weighted by Crippen LogP contribution is 2.29. The molecule has 6 heterocycles. The second-order valence-corrected chi connectivity index (χ2v) is 16.7. The summed E-state index contributed by atoms with van der Waals surface area (Å²) in [6.07, 6.45) is 4.75. The first-order valence-corrected chi connectivity index (χ1v) is 22.7. The smallest absolute Gasteiger partial charge is 0.255 e. The third-order valence-electron chi connectivity index (χ3n) is 10.9. The van der Waals surface area contributed by atoms with Crippen LogP contribution in [0.25, 0.3) is 32.7 Å². The van der Waals surface area contributed by atoms with Gasteiger partial charge in [-0.1, -0.05) is 53.7 Å². The highest BCUT2D eigenvalue weighted by atomic mass is 32.1. The van der Waals surface area contributed by atoms with Crippen LogP contribution >= 0.6 is 11.3 Å². The number of aromatic hydroxyl groups is 3. The minimum absolute atomic E-state index is 0.0896. The van der Waals surface area contributed by atoms with Crippen molar-refractivity contribution in [3.63, 3.8) is 0 Å². The summed E-state index contributed by atoms with van der Waals surface area (Å²) in [6, 6.07) is 30.8. The summed E-state index contributed by atoms with van der Waals surface area (Å²) in [5.74, 6) is -0.681. The van der Waals surface area contributed by atoms with E-state index in [0.717, 1.165) is 64.4 Å². The van der Waals surface area contributed by atoms with Crippen LogP contribution in [0.3, 0.4) is 0 Å². The van der Waals surface area contributed by atoms with Crippen molar-refractivity contribution in [1.82, 2.24) is 41.0 Å². The average Bonchev–Trinajstić information content (AvgIpc) is 4.02. The fraction of sp³-hybridized carbons (Fsp3) is 0.176. The summed E-state index contributed by atoms with van der Waals surface area (Å²) in [4.78, 5) is 55.7. The number of amides is 3. The van der Waals surface area contributed by atoms with Crippen molar-refractivity contribution in [2.24, 2.45) is 0 Å². The Bertz CT molecular complexity index is 3130. The third-order valence-corrected chi connectivity index (χ3v) is 11.9. The monoisotopic (exact) mass is 945 g/mol. The molecule has 1 fully saturated rings. The van der Waals surface area contributed by atoms with Crippen LogP contribution in [-0.4, -0.2) is 84.4 Å². The maximum absolute atomic E-state index is 12.5. The van der Waals surface area contributed by atoms with E-state index in [1.165, 1.54) is 11.3 Å². The first kappa shape index (κ1) is 47.0. The van der Waals surface area contributed by atoms with Crippen molar-refractivity contribution >= 4 is 67.5 Å². The first-order valence-electron chi connectivity index (χ1n) is 21.8. The van der Waals surface area contributed by atoms with Crippen molar-refractivity contribution in [2.45, 2.75) is 33.5 Å². The maximum atomic E-state index is 12.5. The summed E-state index contributed by atoms with van der Waals surface area (Å²) in [5.41, 5.74) is 5.60. The van der Waals surface area contributed by atoms with E-state index < -0.39 is 0 Å². The number of hydrogen-bond acceptors (Lipinski definition) is 15. The van der Waals surface area contributed by atoms with Gasteiger partial charge in [0.1, 0.15) is 33.0 Å². The first-order chi connectivity index (χ1) is 33.5. The van der Waals surface area contributed by atoms with E-state index in [9.17, 15) is 29.7 Å². The molecule has 350 valence electrons. The van der Waals surface area contributed by atoms with E-state index in [1.807, 2.05) is 42.6 Å². The minimum atomic E-state index is -0.388. The molecule has 17 nitrogen and oxygen atoms in total. The number of fused-ring (bicyclic) bond motifs is 3. The second-order valence-electron chi connectivity index (χ2n) is 15.7. The number of pyridine rings is 3. The molecule has 6 N–H and O–H groups in total. The SMILES string of the molecule is Cc1cc(CNC(=O)c2ccc3cccnc3c2O)no1.Cc1csc(CNC(=O)c2ccc3cccnc3c2O)n1.O=C(NCc1ccc(N2CCOCC2)cc1)c1ccc2cccnc2c1O. The molecule has 0 radical (unpaired) electrons. The zero-order valence-electron chi connectivity index (χ0n) is 37.5. The maximum Gasteiger partial charge on any atom is 0.255 e. The van der Waals surface area contributed by atoms with Gasteiger partial charge in [0.05, 0.1) is 43.0 Å². The molecule has 3 amide bonds. The Kier molecular flexibility index (Phi) is 14.9. The van der Waals surface area contributed by atoms with Crippen LogP contribution in [0.15, 0.2) is 132 Å². The largest absolute Gasteiger partial charge is 0.505 e. The van der Waals surface area contributed by atoms with Gasteiger partial charge in [0.2, 0.25) is 0 Å². The lowest BCUT2D eigenvalue weighted by Gasteiger charge is -2.28. The number of phenolic OH excluding ortho intramolecular Hbond substituents is 3. The van der Waals surface area contributed by atoms with Crippen LogP contribution in [0.2, 0.25) is 0 Å². The molecule has 4 aromatic carbocycles. The molecule has 9 aromatic rings. The molecule has 5 aromatic heterocycles. The number of rotatable bonds is 10. The standard InChI is InChI=1S/C21H21N3O3.C15H13N3O3.C15H13N3O2S/c25-20-18(8-5-16-2-1-9-22-19(16)20)21(26)23-14-15-3-6-17(7-4-15)24-10-12-27-13-11-24;1-9-7-11(18-21-9)8-17-15(20)12-5-4-10-3-2-6-16-13(10)14(12)19;1-9-8-21-12(18-9)7-17-15(20)11-5-4-10-3-2-6-16-13(10)14(11)19/h1-9,25H,10-14H2,(H,23,26);2-7,19H,8H2,1H3,(H,17,20);2-6,8,19H,7H2,1H3,(H,17,20). The van der Waals surface area contributed by atoms with Crippen LogP contribution in [0.4, 0.5) is 5.69 Å². The van der Waals surface area contributed by atoms with Crippen molar-refractivity contribution in [2.75, 3.05) is 31.2 Å². The van der Waals surface area contributed by atoms with Gasteiger partial charge in [0.25, 0.3) is 17.7 Å². The van der Waals surface area contributed by atoms with Crippen LogP contribution in [-0.2, 0) is 24.4 Å². The van der Waals surface area contributed by atoms with Gasteiger partial charge in [-0.15, -0.1) is 11.3 Å². The van der Waals surface area contributed by atoms with Crippen molar-refractivity contribution in [3.05, 3.63) is 172 Å². The number of hydrogen-bond donors (Lipinski definition) is 6. The van der Waals surface area contributed by atoms with Crippen molar-refractivity contribution in [3.8, 4) is 17.2 Å². The number of nitrogens with zero attached hydrogens (tertiary/aromatic N) is 6. The van der Waals surface area contributed by atoms with Crippen molar-refractivity contribution in [1.29, 1.82) is 0 Å². The van der Waals surface area contributed by atoms with Gasteiger partial charge in [-0.2, -0.15) is 0 Å². The normalized spacial score (nSPS) is 12.1. The molecule has 1 aliphatic rings. The molecule has 10 rings (SSSR count). The lowest BCUT2D eigenvalue weighted by Crippen LogP contribution is -2.36. The van der Waals surface area contributed by atoms with Gasteiger partial charge in [-0.3, -0.25) is 29.3 Å². The van der Waals surface area contributed by atoms with Crippen LogP contribution < -0.4 is 20.9 Å². The van der Waals surface area contributed by atoms with Gasteiger partial charge in [0.15, 0.2) is 17.2 Å². The number of morpholine rings is 1. The molecular weight excluding hydrogens is 899 g/mol. The lowest BCUT2D eigenvalue weighted by atomic mass is 10.1. The molecule has 0 bridgehead atoms. The van der Waals surface area contributed by atoms with E-state index in [0.29, 0.717) is 41.1 Å². The number of aryl methyl sites for hydroxylation is 2. The zero-order valence-corrected chi connectivity index (χ0v) is 38.4. The predicted molar refractivity (Wildman–Crippen MR) is 261 cm³/mol. The number of anilines is 1. The molecule has 18 heteroatoms. The van der Waals surface area contributed by atoms with Crippen LogP contribution in [0.1, 0.15) is 58.8 Å². The molecule has 0 spiro atoms. The van der Waals surface area contributed by atoms with Crippen LogP contribution in [0.5, 0.6) is 17.2 Å². The Labute approximate surface area is 399 Å². The lowest BCUT2D eigenvalue weighted by molar-refractivity contribution is 0.0939. The van der Waals surface area contributed by atoms with E-state index >= 15 is 0 Å². The summed E-state index contributed by atoms with van der Waals surface area (Å²) in [7, 11) is 0. The summed E-state index contributed by atoms with van der Waals surface area (Å²) in [5, 5.41) is 47.9.